The number of nitrogens with one attached hydrogen (secondary N) is 1. The second kappa shape index (κ2) is 12.1. The van der Waals surface area contributed by atoms with E-state index >= 15 is 4.39 Å². The minimum absolute atomic E-state index is 0.0518. The molecule has 0 saturated carbocycles. The van der Waals surface area contributed by atoms with Crippen LogP contribution in [0, 0.1) is 0 Å². The van der Waals surface area contributed by atoms with Gasteiger partial charge in [-0.2, -0.15) is 4.98 Å². The smallest absolute Gasteiger partial charge is 0.351 e. The predicted octanol–water partition coefficient (Wildman–Crippen LogP) is 4.20. The zero-order chi connectivity index (χ0) is 29.7. The highest BCUT2D eigenvalue weighted by Gasteiger charge is 2.58. The zero-order valence-electron chi connectivity index (χ0n) is 22.4. The highest BCUT2D eigenvalue weighted by molar-refractivity contribution is 6.03. The lowest BCUT2D eigenvalue weighted by atomic mass is 9.98. The highest BCUT2D eigenvalue weighted by Crippen LogP contribution is 2.43. The number of carbonyl (C=O) groups excluding carboxylic acids is 3. The summed E-state index contributed by atoms with van der Waals surface area (Å²) in [6.07, 6.45) is -3.23. The first-order valence-corrected chi connectivity index (χ1v) is 13.0. The Balaban J connectivity index is 1.39. The molecule has 1 N–H and O–H groups in total. The standard InChI is InChI=1S/C31H26FN3O7/c1-31(32)25(42-28(38)22-15-9-4-10-16-22)23(19-40-27(37)21-13-7-3-8-14-21)41-29(31)35-18-17-24(34-30(35)39)33-26(36)20-11-5-2-6-12-20/h2-18,23,25,29H,19H2,1H3,(H,33,34,36,39)/t23?,25?,29?,31-/m1/s1. The number of aromatic nitrogens is 2. The monoisotopic (exact) mass is 571 g/mol. The van der Waals surface area contributed by atoms with Crippen molar-refractivity contribution in [2.24, 2.45) is 0 Å². The number of nitrogens with zero attached hydrogens (tertiary/aromatic N) is 2. The first-order valence-electron chi connectivity index (χ1n) is 13.0. The van der Waals surface area contributed by atoms with Gasteiger partial charge in [0.1, 0.15) is 18.5 Å². The molecule has 3 aromatic carbocycles. The van der Waals surface area contributed by atoms with Crippen LogP contribution in [0.5, 0.6) is 0 Å². The maximum absolute atomic E-state index is 16.5. The summed E-state index contributed by atoms with van der Waals surface area (Å²) < 4.78 is 34.2. The normalized spacial score (nSPS) is 21.3. The summed E-state index contributed by atoms with van der Waals surface area (Å²) in [5.74, 6) is -2.05. The summed E-state index contributed by atoms with van der Waals surface area (Å²) in [7, 11) is 0. The van der Waals surface area contributed by atoms with E-state index in [1.807, 2.05) is 0 Å². The van der Waals surface area contributed by atoms with Gasteiger partial charge in [0.2, 0.25) is 0 Å². The van der Waals surface area contributed by atoms with Gasteiger partial charge in [-0.25, -0.2) is 18.8 Å². The molecule has 1 amide bonds. The van der Waals surface area contributed by atoms with Crippen LogP contribution in [-0.2, 0) is 14.2 Å². The fraction of sp³-hybridized carbons (Fsp3) is 0.194. The van der Waals surface area contributed by atoms with Crippen LogP contribution in [0.3, 0.4) is 0 Å². The molecule has 1 aliphatic heterocycles. The van der Waals surface area contributed by atoms with Gasteiger partial charge in [-0.3, -0.25) is 9.36 Å². The number of halogens is 1. The highest BCUT2D eigenvalue weighted by atomic mass is 19.1. The molecule has 0 aliphatic carbocycles. The molecule has 0 radical (unpaired) electrons. The van der Waals surface area contributed by atoms with Crippen LogP contribution in [-0.4, -0.2) is 51.9 Å². The van der Waals surface area contributed by atoms with Crippen molar-refractivity contribution >= 4 is 23.7 Å². The van der Waals surface area contributed by atoms with E-state index in [0.29, 0.717) is 5.56 Å². The number of esters is 2. The Hall–Kier alpha value is -5.16. The fourth-order valence-electron chi connectivity index (χ4n) is 4.54. The number of anilines is 1. The van der Waals surface area contributed by atoms with Crippen molar-refractivity contribution in [3.05, 3.63) is 130 Å². The fourth-order valence-corrected chi connectivity index (χ4v) is 4.54. The first kappa shape index (κ1) is 28.4. The maximum Gasteiger partial charge on any atom is 0.351 e. The molecule has 1 aromatic heterocycles. The third kappa shape index (κ3) is 6.11. The Labute approximate surface area is 239 Å². The molecule has 0 bridgehead atoms. The molecule has 10 nitrogen and oxygen atoms in total. The summed E-state index contributed by atoms with van der Waals surface area (Å²) in [5.41, 5.74) is -2.59. The summed E-state index contributed by atoms with van der Waals surface area (Å²) in [6, 6.07) is 25.8. The number of hydrogen-bond acceptors (Lipinski definition) is 8. The number of alkyl halides is 1. The lowest BCUT2D eigenvalue weighted by Crippen LogP contribution is -2.45. The molecule has 2 heterocycles. The second-order valence-electron chi connectivity index (χ2n) is 9.66. The number of hydrogen-bond donors (Lipinski definition) is 1. The minimum atomic E-state index is -2.46. The number of amides is 1. The topological polar surface area (TPSA) is 126 Å². The van der Waals surface area contributed by atoms with Crippen molar-refractivity contribution in [3.63, 3.8) is 0 Å². The molecule has 4 aromatic rings. The van der Waals surface area contributed by atoms with Gasteiger partial charge in [0.05, 0.1) is 11.1 Å². The molecule has 1 fully saturated rings. The van der Waals surface area contributed by atoms with Gasteiger partial charge < -0.3 is 19.5 Å². The Morgan fingerprint density at radius 1 is 0.881 bits per heavy atom. The van der Waals surface area contributed by atoms with Crippen LogP contribution >= 0.6 is 0 Å². The molecule has 0 spiro atoms. The van der Waals surface area contributed by atoms with Gasteiger partial charge in [0, 0.05) is 11.8 Å². The SMILES string of the molecule is C[C@@]1(F)C(OC(=O)c2ccccc2)C(COC(=O)c2ccccc2)OC1n1ccc(NC(=O)c2ccccc2)nc1=O. The van der Waals surface area contributed by atoms with Crippen LogP contribution in [0.2, 0.25) is 0 Å². The summed E-state index contributed by atoms with van der Waals surface area (Å²) in [5, 5.41) is 2.52. The van der Waals surface area contributed by atoms with E-state index in [1.165, 1.54) is 24.4 Å². The average molecular weight is 572 g/mol. The van der Waals surface area contributed by atoms with Crippen LogP contribution in [0.25, 0.3) is 0 Å². The largest absolute Gasteiger partial charge is 0.459 e. The Morgan fingerprint density at radius 3 is 2.00 bits per heavy atom. The molecule has 3 unspecified atom stereocenters. The van der Waals surface area contributed by atoms with Crippen molar-refractivity contribution in [3.8, 4) is 0 Å². The van der Waals surface area contributed by atoms with Crippen molar-refractivity contribution in [1.29, 1.82) is 0 Å². The van der Waals surface area contributed by atoms with E-state index in [1.54, 1.807) is 78.9 Å². The average Bonchev–Trinajstić information content (AvgIpc) is 3.25. The van der Waals surface area contributed by atoms with E-state index in [0.717, 1.165) is 11.5 Å². The van der Waals surface area contributed by atoms with Gasteiger partial charge in [-0.15, -0.1) is 0 Å². The molecular weight excluding hydrogens is 545 g/mol. The van der Waals surface area contributed by atoms with E-state index in [2.05, 4.69) is 10.3 Å². The maximum atomic E-state index is 16.5. The van der Waals surface area contributed by atoms with E-state index in [-0.39, 0.29) is 16.9 Å². The van der Waals surface area contributed by atoms with E-state index < -0.39 is 54.2 Å². The molecule has 11 heteroatoms. The van der Waals surface area contributed by atoms with Gasteiger partial charge in [0.25, 0.3) is 5.91 Å². The molecule has 5 rings (SSSR count). The third-order valence-corrected chi connectivity index (χ3v) is 6.67. The lowest BCUT2D eigenvalue weighted by molar-refractivity contribution is -0.0648. The lowest BCUT2D eigenvalue weighted by Gasteiger charge is -2.27. The molecule has 42 heavy (non-hydrogen) atoms. The van der Waals surface area contributed by atoms with Crippen molar-refractivity contribution < 1.29 is 33.0 Å². The van der Waals surface area contributed by atoms with Crippen LogP contribution in [0.1, 0.15) is 44.2 Å². The summed E-state index contributed by atoms with van der Waals surface area (Å²) in [6.45, 7) is 0.654. The molecule has 1 aliphatic rings. The molecule has 4 atom stereocenters. The second-order valence-corrected chi connectivity index (χ2v) is 9.66. The van der Waals surface area contributed by atoms with Crippen LogP contribution in [0.15, 0.2) is 108 Å². The molecule has 1 saturated heterocycles. The Bertz CT molecular complexity index is 1630. The van der Waals surface area contributed by atoms with Gasteiger partial charge in [0.15, 0.2) is 18.0 Å². The van der Waals surface area contributed by atoms with Crippen molar-refractivity contribution in [2.45, 2.75) is 31.0 Å². The Kier molecular flexibility index (Phi) is 8.21. The number of benzene rings is 3. The van der Waals surface area contributed by atoms with E-state index in [4.69, 9.17) is 14.2 Å². The van der Waals surface area contributed by atoms with Crippen LogP contribution in [0.4, 0.5) is 10.2 Å². The molecular formula is C31H26FN3O7. The number of carbonyl (C=O) groups is 3. The van der Waals surface area contributed by atoms with Gasteiger partial charge >= 0.3 is 17.6 Å². The third-order valence-electron chi connectivity index (χ3n) is 6.67. The van der Waals surface area contributed by atoms with Gasteiger partial charge in [-0.1, -0.05) is 54.6 Å². The minimum Gasteiger partial charge on any atom is -0.459 e. The van der Waals surface area contributed by atoms with Crippen molar-refractivity contribution in [1.82, 2.24) is 9.55 Å². The predicted molar refractivity (Wildman–Crippen MR) is 149 cm³/mol. The zero-order valence-corrected chi connectivity index (χ0v) is 22.4. The van der Waals surface area contributed by atoms with Crippen LogP contribution < -0.4 is 11.0 Å². The quantitative estimate of drug-likeness (QED) is 0.312. The number of rotatable bonds is 8. The van der Waals surface area contributed by atoms with Gasteiger partial charge in [-0.05, 0) is 49.4 Å². The summed E-state index contributed by atoms with van der Waals surface area (Å²) in [4.78, 5) is 54.8. The molecule has 214 valence electrons. The summed E-state index contributed by atoms with van der Waals surface area (Å²) >= 11 is 0. The van der Waals surface area contributed by atoms with E-state index in [9.17, 15) is 19.2 Å². The first-order chi connectivity index (χ1) is 20.2. The number of ether oxygens (including phenoxy) is 3. The van der Waals surface area contributed by atoms with Crippen molar-refractivity contribution in [2.75, 3.05) is 11.9 Å². The Morgan fingerprint density at radius 2 is 1.43 bits per heavy atom.